The number of para-hydroxylation sites is 2. The van der Waals surface area contributed by atoms with E-state index >= 15 is 0 Å². The molecule has 2 heterocycles. The number of aromatic nitrogens is 2. The van der Waals surface area contributed by atoms with Crippen molar-refractivity contribution in [3.63, 3.8) is 0 Å². The number of benzene rings is 2. The van der Waals surface area contributed by atoms with E-state index in [1.54, 1.807) is 42.3 Å². The number of rotatable bonds is 10. The Balaban J connectivity index is 1.43. The smallest absolute Gasteiger partial charge is 0.290 e. The van der Waals surface area contributed by atoms with Crippen LogP contribution in [0.4, 0.5) is 0 Å². The molecule has 0 bridgehead atoms. The first-order valence-corrected chi connectivity index (χ1v) is 11.2. The molecule has 8 nitrogen and oxygen atoms in total. The molecule has 0 spiro atoms. The Morgan fingerprint density at radius 1 is 1.00 bits per heavy atom. The lowest BCUT2D eigenvalue weighted by molar-refractivity contribution is 0.0692. The Kier molecular flexibility index (Phi) is 7.49. The first-order chi connectivity index (χ1) is 16.6. The number of ether oxygens (including phenoxy) is 2. The number of furan rings is 1. The van der Waals surface area contributed by atoms with Crippen LogP contribution in [0.25, 0.3) is 11.5 Å². The zero-order chi connectivity index (χ0) is 23.9. The zero-order valence-corrected chi connectivity index (χ0v) is 19.6. The summed E-state index contributed by atoms with van der Waals surface area (Å²) in [4.78, 5) is 14.7. The van der Waals surface area contributed by atoms with Gasteiger partial charge in [-0.15, -0.1) is 10.2 Å². The number of halogens is 1. The highest BCUT2D eigenvalue weighted by molar-refractivity contribution is 6.33. The van der Waals surface area contributed by atoms with Gasteiger partial charge in [0.05, 0.1) is 24.2 Å². The van der Waals surface area contributed by atoms with Crippen molar-refractivity contribution in [1.82, 2.24) is 15.1 Å². The number of methoxy groups -OCH3 is 1. The molecule has 0 fully saturated rings. The molecule has 0 aliphatic carbocycles. The molecule has 0 unspecified atom stereocenters. The van der Waals surface area contributed by atoms with E-state index in [1.807, 2.05) is 37.3 Å². The van der Waals surface area contributed by atoms with Gasteiger partial charge in [-0.25, -0.2) is 0 Å². The summed E-state index contributed by atoms with van der Waals surface area (Å²) in [6, 6.07) is 17.9. The van der Waals surface area contributed by atoms with Gasteiger partial charge in [-0.1, -0.05) is 42.8 Å². The maximum Gasteiger partial charge on any atom is 0.290 e. The quantitative estimate of drug-likeness (QED) is 0.290. The first kappa shape index (κ1) is 23.4. The van der Waals surface area contributed by atoms with Crippen molar-refractivity contribution in [2.45, 2.75) is 26.5 Å². The van der Waals surface area contributed by atoms with Crippen molar-refractivity contribution in [3.8, 4) is 23.0 Å². The topological polar surface area (TPSA) is 90.8 Å². The molecule has 34 heavy (non-hydrogen) atoms. The van der Waals surface area contributed by atoms with Gasteiger partial charge < -0.3 is 23.2 Å². The second kappa shape index (κ2) is 10.9. The molecule has 0 aliphatic rings. The molecule has 2 aromatic carbocycles. The third-order valence-corrected chi connectivity index (χ3v) is 5.32. The molecule has 0 N–H and O–H groups in total. The Hall–Kier alpha value is -3.78. The largest absolute Gasteiger partial charge is 0.493 e. The van der Waals surface area contributed by atoms with Gasteiger partial charge in [-0.3, -0.25) is 4.79 Å². The fraction of sp³-hybridized carbons (Fsp3) is 0.240. The number of carbonyl (C=O) groups is 1. The third-order valence-electron chi connectivity index (χ3n) is 4.99. The summed E-state index contributed by atoms with van der Waals surface area (Å²) in [6.45, 7) is 2.79. The van der Waals surface area contributed by atoms with Crippen LogP contribution >= 0.6 is 11.6 Å². The van der Waals surface area contributed by atoms with Crippen LogP contribution in [0.5, 0.6) is 11.5 Å². The molecule has 0 aliphatic heterocycles. The van der Waals surface area contributed by atoms with E-state index in [9.17, 15) is 4.79 Å². The Morgan fingerprint density at radius 3 is 2.53 bits per heavy atom. The van der Waals surface area contributed by atoms with E-state index in [-0.39, 0.29) is 24.8 Å². The van der Waals surface area contributed by atoms with Gasteiger partial charge in [0, 0.05) is 6.54 Å². The first-order valence-electron chi connectivity index (χ1n) is 10.8. The van der Waals surface area contributed by atoms with Crippen molar-refractivity contribution in [3.05, 3.63) is 83.1 Å². The van der Waals surface area contributed by atoms with Crippen LogP contribution in [0.1, 0.15) is 35.6 Å². The number of carbonyl (C=O) groups excluding carboxylic acids is 1. The zero-order valence-electron chi connectivity index (χ0n) is 18.9. The van der Waals surface area contributed by atoms with Gasteiger partial charge in [0.2, 0.25) is 11.8 Å². The van der Waals surface area contributed by atoms with Gasteiger partial charge in [0.25, 0.3) is 5.91 Å². The average molecular weight is 482 g/mol. The standard InChI is InChI=1S/C25H24ClN3O5/c1-3-14-29(15-23-27-28-24(34-23)18-8-4-5-9-19(18)26)25(30)22-13-12-17(33-22)16-32-21-11-7-6-10-20(21)31-2/h4-13H,3,14-16H2,1-2H3. The van der Waals surface area contributed by atoms with Gasteiger partial charge in [0.15, 0.2) is 17.3 Å². The molecule has 0 atom stereocenters. The van der Waals surface area contributed by atoms with Crippen LogP contribution in [0.15, 0.2) is 69.5 Å². The van der Waals surface area contributed by atoms with E-state index in [2.05, 4.69) is 10.2 Å². The van der Waals surface area contributed by atoms with Crippen LogP contribution in [0, 0.1) is 0 Å². The van der Waals surface area contributed by atoms with Gasteiger partial charge in [-0.2, -0.15) is 0 Å². The minimum absolute atomic E-state index is 0.151. The van der Waals surface area contributed by atoms with E-state index in [0.29, 0.717) is 46.2 Å². The van der Waals surface area contributed by atoms with E-state index in [1.165, 1.54) is 0 Å². The predicted molar refractivity (Wildman–Crippen MR) is 126 cm³/mol. The summed E-state index contributed by atoms with van der Waals surface area (Å²) < 4.78 is 22.6. The minimum Gasteiger partial charge on any atom is -0.493 e. The molecule has 4 rings (SSSR count). The number of amides is 1. The number of hydrogen-bond acceptors (Lipinski definition) is 7. The second-order valence-corrected chi connectivity index (χ2v) is 7.82. The third kappa shape index (κ3) is 5.40. The monoisotopic (exact) mass is 481 g/mol. The van der Waals surface area contributed by atoms with Crippen LogP contribution in [-0.4, -0.2) is 34.7 Å². The van der Waals surface area contributed by atoms with Crippen molar-refractivity contribution >= 4 is 17.5 Å². The summed E-state index contributed by atoms with van der Waals surface area (Å²) in [6.07, 6.45) is 0.752. The summed E-state index contributed by atoms with van der Waals surface area (Å²) in [7, 11) is 1.58. The molecule has 0 saturated carbocycles. The highest BCUT2D eigenvalue weighted by Crippen LogP contribution is 2.28. The SMILES string of the molecule is CCCN(Cc1nnc(-c2ccccc2Cl)o1)C(=O)c1ccc(COc2ccccc2OC)o1. The van der Waals surface area contributed by atoms with Crippen LogP contribution in [0.2, 0.25) is 5.02 Å². The second-order valence-electron chi connectivity index (χ2n) is 7.41. The summed E-state index contributed by atoms with van der Waals surface area (Å²) in [5, 5.41) is 8.67. The molecule has 2 aromatic heterocycles. The minimum atomic E-state index is -0.275. The van der Waals surface area contributed by atoms with E-state index in [0.717, 1.165) is 6.42 Å². The molecule has 0 saturated heterocycles. The molecule has 176 valence electrons. The van der Waals surface area contributed by atoms with E-state index < -0.39 is 0 Å². The molecular weight excluding hydrogens is 458 g/mol. The van der Waals surface area contributed by atoms with Crippen LogP contribution in [0.3, 0.4) is 0 Å². The summed E-state index contributed by atoms with van der Waals surface area (Å²) in [5.41, 5.74) is 0.641. The molecule has 0 radical (unpaired) electrons. The lowest BCUT2D eigenvalue weighted by Gasteiger charge is -2.18. The van der Waals surface area contributed by atoms with Crippen molar-refractivity contribution in [2.24, 2.45) is 0 Å². The number of nitrogens with zero attached hydrogens (tertiary/aromatic N) is 3. The van der Waals surface area contributed by atoms with Crippen LogP contribution < -0.4 is 9.47 Å². The Labute approximate surface area is 202 Å². The Morgan fingerprint density at radius 2 is 1.76 bits per heavy atom. The van der Waals surface area contributed by atoms with Crippen molar-refractivity contribution in [2.75, 3.05) is 13.7 Å². The van der Waals surface area contributed by atoms with Gasteiger partial charge >= 0.3 is 0 Å². The normalized spacial score (nSPS) is 10.8. The highest BCUT2D eigenvalue weighted by atomic mass is 35.5. The summed E-state index contributed by atoms with van der Waals surface area (Å²) in [5.74, 6) is 2.27. The number of hydrogen-bond donors (Lipinski definition) is 0. The molecule has 1 amide bonds. The van der Waals surface area contributed by atoms with Crippen molar-refractivity contribution < 1.29 is 23.1 Å². The maximum absolute atomic E-state index is 13.1. The van der Waals surface area contributed by atoms with E-state index in [4.69, 9.17) is 29.9 Å². The molecule has 9 heteroatoms. The fourth-order valence-electron chi connectivity index (χ4n) is 3.36. The average Bonchev–Trinajstić information content (AvgIpc) is 3.52. The Bertz CT molecular complexity index is 1250. The lowest BCUT2D eigenvalue weighted by atomic mass is 10.2. The maximum atomic E-state index is 13.1. The highest BCUT2D eigenvalue weighted by Gasteiger charge is 2.22. The fourth-order valence-corrected chi connectivity index (χ4v) is 3.58. The van der Waals surface area contributed by atoms with Gasteiger partial charge in [0.1, 0.15) is 12.4 Å². The predicted octanol–water partition coefficient (Wildman–Crippen LogP) is 5.62. The molecular formula is C25H24ClN3O5. The van der Waals surface area contributed by atoms with Gasteiger partial charge in [-0.05, 0) is 42.8 Å². The lowest BCUT2D eigenvalue weighted by Crippen LogP contribution is -2.31. The summed E-state index contributed by atoms with van der Waals surface area (Å²) >= 11 is 6.22. The van der Waals surface area contributed by atoms with Crippen molar-refractivity contribution in [1.29, 1.82) is 0 Å². The molecule has 4 aromatic rings. The van der Waals surface area contributed by atoms with Crippen LogP contribution in [-0.2, 0) is 13.2 Å².